The third kappa shape index (κ3) is 9.19. The third-order valence-electron chi connectivity index (χ3n) is 18.3. The number of hydrogen-bond donors (Lipinski definition) is 0. The van der Waals surface area contributed by atoms with E-state index in [0.29, 0.717) is 5.95 Å². The van der Waals surface area contributed by atoms with Gasteiger partial charge in [-0.1, -0.05) is 91.0 Å². The molecule has 11 aromatic carbocycles. The van der Waals surface area contributed by atoms with Gasteiger partial charge in [0.15, 0.2) is 0 Å². The monoisotopic (exact) mass is 1360 g/mol. The van der Waals surface area contributed by atoms with Crippen LogP contribution >= 0.6 is 68.0 Å². The first-order valence-corrected chi connectivity index (χ1v) is 36.7. The van der Waals surface area contributed by atoms with Gasteiger partial charge in [0.1, 0.15) is 35.9 Å². The Morgan fingerprint density at radius 3 is 1.10 bits per heavy atom. The predicted octanol–water partition coefficient (Wildman–Crippen LogP) is 23.1. The van der Waals surface area contributed by atoms with E-state index in [0.717, 1.165) is 196 Å². The SMILES string of the molecule is c1ccc(-c2cc(-n3c4ccc(-c5nc6ccccc6s5)cc4c4cc(-c5nc6ccc(-c7ccc8sc(-c9ccc%10c(c9)c9cc(-c%11nc%12ccccc%12s%11)ccc9n%10-c9ncc(-c%10nc%11ccccc%11s%10)cn9)nc8c7)cc6s5)ccc43)ncc2-c2nc3ccccc3s2)cc1. The molecule has 0 atom stereocenters. The summed E-state index contributed by atoms with van der Waals surface area (Å²) in [7, 11) is 0. The fourth-order valence-electron chi connectivity index (χ4n) is 13.6. The molecule has 10 aromatic heterocycles. The molecule has 0 amide bonds. The summed E-state index contributed by atoms with van der Waals surface area (Å²) in [4.78, 5) is 46.2. The van der Waals surface area contributed by atoms with Gasteiger partial charge in [-0.25, -0.2) is 44.9 Å². The number of pyridine rings is 1. The summed E-state index contributed by atoms with van der Waals surface area (Å²) in [5.74, 6) is 1.41. The summed E-state index contributed by atoms with van der Waals surface area (Å²) in [5, 5.41) is 10.1. The Balaban J connectivity index is 0.635. The Bertz CT molecular complexity index is 6710. The molecule has 0 aliphatic carbocycles. The zero-order valence-electron chi connectivity index (χ0n) is 51.2. The van der Waals surface area contributed by atoms with E-state index in [-0.39, 0.29) is 0 Å². The number of fused-ring (bicyclic) bond motifs is 12. The lowest BCUT2D eigenvalue weighted by Crippen LogP contribution is -2.00. The van der Waals surface area contributed by atoms with Crippen molar-refractivity contribution in [2.45, 2.75) is 0 Å². The highest BCUT2D eigenvalue weighted by molar-refractivity contribution is 7.23. The van der Waals surface area contributed by atoms with Crippen molar-refractivity contribution >= 4 is 173 Å². The fraction of sp³-hybridized carbons (Fsp3) is 0. The molecule has 21 aromatic rings. The molecule has 0 saturated carbocycles. The maximum absolute atomic E-state index is 5.37. The van der Waals surface area contributed by atoms with Crippen molar-refractivity contribution < 1.29 is 0 Å². The predicted molar refractivity (Wildman–Crippen MR) is 411 cm³/mol. The van der Waals surface area contributed by atoms with Gasteiger partial charge in [0.05, 0.1) is 83.4 Å². The van der Waals surface area contributed by atoms with Crippen LogP contribution < -0.4 is 0 Å². The van der Waals surface area contributed by atoms with E-state index < -0.39 is 0 Å². The van der Waals surface area contributed by atoms with Crippen LogP contribution in [0.1, 0.15) is 0 Å². The van der Waals surface area contributed by atoms with Gasteiger partial charge in [-0.3, -0.25) is 9.13 Å². The zero-order valence-corrected chi connectivity index (χ0v) is 56.1. The number of hydrogen-bond acceptors (Lipinski definition) is 15. The molecule has 0 N–H and O–H groups in total. The molecule has 0 unspecified atom stereocenters. The smallest absolute Gasteiger partial charge is 0.234 e. The van der Waals surface area contributed by atoms with Gasteiger partial charge < -0.3 is 0 Å². The van der Waals surface area contributed by atoms with Gasteiger partial charge in [-0.2, -0.15) is 0 Å². The first-order valence-electron chi connectivity index (χ1n) is 31.8. The molecule has 0 bridgehead atoms. The number of rotatable bonds is 10. The van der Waals surface area contributed by atoms with Crippen LogP contribution in [0.5, 0.6) is 0 Å². The summed E-state index contributed by atoms with van der Waals surface area (Å²) in [6.45, 7) is 0. The largest absolute Gasteiger partial charge is 0.294 e. The van der Waals surface area contributed by atoms with Gasteiger partial charge in [0.25, 0.3) is 0 Å². The van der Waals surface area contributed by atoms with Crippen molar-refractivity contribution in [1.29, 1.82) is 0 Å². The normalized spacial score (nSPS) is 12.1. The van der Waals surface area contributed by atoms with Crippen LogP contribution in [0.3, 0.4) is 0 Å². The van der Waals surface area contributed by atoms with E-state index in [1.807, 2.05) is 48.9 Å². The van der Waals surface area contributed by atoms with Crippen molar-refractivity contribution in [3.63, 3.8) is 0 Å². The Kier molecular flexibility index (Phi) is 12.6. The molecule has 17 heteroatoms. The van der Waals surface area contributed by atoms with Crippen LogP contribution in [0.2, 0.25) is 0 Å². The fourth-order valence-corrected chi connectivity index (χ4v) is 19.4. The number of thiazole rings is 6. The summed E-state index contributed by atoms with van der Waals surface area (Å²) in [6, 6.07) is 86.0. The van der Waals surface area contributed by atoms with E-state index in [1.165, 1.54) is 0 Å². The first-order chi connectivity index (χ1) is 48.4. The van der Waals surface area contributed by atoms with Crippen LogP contribution in [0.15, 0.2) is 261 Å². The lowest BCUT2D eigenvalue weighted by molar-refractivity contribution is 0.990. The first kappa shape index (κ1) is 55.8. The molecule has 0 radical (unpaired) electrons. The summed E-state index contributed by atoms with van der Waals surface area (Å²) < 4.78 is 11.3. The molecule has 21 rings (SSSR count). The van der Waals surface area contributed by atoms with Crippen molar-refractivity contribution in [1.82, 2.24) is 54.0 Å². The van der Waals surface area contributed by atoms with Crippen molar-refractivity contribution in [3.05, 3.63) is 261 Å². The molecule has 0 saturated heterocycles. The Morgan fingerprint density at radius 1 is 0.224 bits per heavy atom. The van der Waals surface area contributed by atoms with Crippen LogP contribution in [0, 0.1) is 0 Å². The minimum Gasteiger partial charge on any atom is -0.294 e. The molecule has 458 valence electrons. The van der Waals surface area contributed by atoms with Crippen LogP contribution in [-0.2, 0) is 0 Å². The lowest BCUT2D eigenvalue weighted by atomic mass is 10.0. The average Bonchev–Trinajstić information content (AvgIpc) is 1.58. The quantitative estimate of drug-likeness (QED) is 0.132. The van der Waals surface area contributed by atoms with Gasteiger partial charge >= 0.3 is 0 Å². The second kappa shape index (κ2) is 22.1. The van der Waals surface area contributed by atoms with E-state index in [9.17, 15) is 0 Å². The zero-order chi connectivity index (χ0) is 64.1. The van der Waals surface area contributed by atoms with Gasteiger partial charge in [-0.15, -0.1) is 68.0 Å². The minimum absolute atomic E-state index is 0.587. The van der Waals surface area contributed by atoms with Crippen molar-refractivity contribution in [3.8, 4) is 97.4 Å². The molecule has 98 heavy (non-hydrogen) atoms. The maximum Gasteiger partial charge on any atom is 0.234 e. The molecule has 11 nitrogen and oxygen atoms in total. The minimum atomic E-state index is 0.587. The van der Waals surface area contributed by atoms with E-state index >= 15 is 0 Å². The molecule has 0 aliphatic rings. The lowest BCUT2D eigenvalue weighted by Gasteiger charge is -2.13. The maximum atomic E-state index is 5.37. The number of benzene rings is 11. The number of nitrogens with zero attached hydrogens (tertiary/aromatic N) is 11. The molecular weight excluding hydrogens is 1320 g/mol. The van der Waals surface area contributed by atoms with Gasteiger partial charge in [0, 0.05) is 73.5 Å². The molecule has 0 fully saturated rings. The molecule has 0 spiro atoms. The number of aromatic nitrogens is 11. The van der Waals surface area contributed by atoms with E-state index in [1.54, 1.807) is 68.0 Å². The highest BCUT2D eigenvalue weighted by Crippen LogP contribution is 2.45. The van der Waals surface area contributed by atoms with Crippen molar-refractivity contribution in [2.75, 3.05) is 0 Å². The van der Waals surface area contributed by atoms with Crippen molar-refractivity contribution in [2.24, 2.45) is 0 Å². The highest BCUT2D eigenvalue weighted by Gasteiger charge is 2.23. The van der Waals surface area contributed by atoms with Gasteiger partial charge in [0.2, 0.25) is 5.95 Å². The van der Waals surface area contributed by atoms with E-state index in [2.05, 4.69) is 221 Å². The third-order valence-corrected chi connectivity index (χ3v) is 24.8. The second-order valence-electron chi connectivity index (χ2n) is 24.2. The number of para-hydroxylation sites is 4. The topological polar surface area (TPSA) is 126 Å². The van der Waals surface area contributed by atoms with Crippen LogP contribution in [-0.4, -0.2) is 54.0 Å². The summed E-state index contributed by atoms with van der Waals surface area (Å²) in [6.07, 6.45) is 5.78. The molecular formula is C81H43N11S6. The Labute approximate surface area is 580 Å². The molecule has 10 heterocycles. The Morgan fingerprint density at radius 2 is 0.602 bits per heavy atom. The van der Waals surface area contributed by atoms with E-state index in [4.69, 9.17) is 44.9 Å². The van der Waals surface area contributed by atoms with Crippen LogP contribution in [0.25, 0.3) is 202 Å². The summed E-state index contributed by atoms with van der Waals surface area (Å²) in [5.41, 5.74) is 20.4. The second-order valence-corrected chi connectivity index (χ2v) is 30.4. The Hall–Kier alpha value is -11.4. The average molecular weight is 1360 g/mol. The highest BCUT2D eigenvalue weighted by atomic mass is 32.1. The summed E-state index contributed by atoms with van der Waals surface area (Å²) >= 11 is 10.2. The van der Waals surface area contributed by atoms with Gasteiger partial charge in [-0.05, 0) is 174 Å². The molecule has 0 aliphatic heterocycles. The standard InChI is InChI=1S/C81H43N11S6/c1-2-12-44(13-3-1)52-40-74(82-43-57(52)80-89-61-17-7-11-21-71(61)97-80)91-64-29-23-47(75-85-58-14-4-8-18-68(58)93-75)34-53(64)54-35-49(24-30-65(54)91)77-88-62-28-22-46(39-73(62)98-77)45-27-33-72-63(38-45)90-78(96-72)50-26-32-67-56(37-50)55-36-48(76-86-59-15-5-9-19-69(59)94-76)25-31-66(55)92(67)81-83-41-51(42-84-81)79-87-60-16-6-10-20-70(60)95-79/h1-43H. The van der Waals surface area contributed by atoms with Crippen LogP contribution in [0.4, 0.5) is 0 Å².